The Labute approximate surface area is 259 Å². The number of hydrogen-bond donors (Lipinski definition) is 4. The number of aliphatic hydroxyl groups is 1. The predicted octanol–water partition coefficient (Wildman–Crippen LogP) is 5.30. The number of anilines is 2. The summed E-state index contributed by atoms with van der Waals surface area (Å²) in [6, 6.07) is 9.26. The molecule has 228 valence electrons. The average molecular weight is 632 g/mol. The lowest BCUT2D eigenvalue weighted by Crippen LogP contribution is -2.50. The van der Waals surface area contributed by atoms with Crippen molar-refractivity contribution in [2.24, 2.45) is 5.41 Å². The summed E-state index contributed by atoms with van der Waals surface area (Å²) < 4.78 is 26.9. The fourth-order valence-electron chi connectivity index (χ4n) is 6.22. The minimum atomic E-state index is -1.48. The van der Waals surface area contributed by atoms with Crippen LogP contribution in [-0.2, 0) is 15.0 Å². The van der Waals surface area contributed by atoms with Crippen molar-refractivity contribution >= 4 is 46.4 Å². The first-order valence-corrected chi connectivity index (χ1v) is 14.6. The number of carbonyl (C=O) groups is 2. The first kappa shape index (κ1) is 31.0. The number of benzene rings is 2. The van der Waals surface area contributed by atoms with Crippen LogP contribution >= 0.6 is 23.2 Å². The summed E-state index contributed by atoms with van der Waals surface area (Å²) in [5.41, 5.74) is -0.539. The van der Waals surface area contributed by atoms with Crippen molar-refractivity contribution in [1.29, 1.82) is 0 Å². The molecule has 4 atom stereocenters. The first-order valence-electron chi connectivity index (χ1n) is 13.8. The highest BCUT2D eigenvalue weighted by Gasteiger charge is 2.67. The number of aromatic nitrogens is 1. The van der Waals surface area contributed by atoms with Gasteiger partial charge in [-0.2, -0.15) is 0 Å². The van der Waals surface area contributed by atoms with Gasteiger partial charge in [-0.25, -0.2) is 4.39 Å². The Bertz CT molecular complexity index is 1570. The van der Waals surface area contributed by atoms with Gasteiger partial charge < -0.3 is 30.5 Å². The van der Waals surface area contributed by atoms with E-state index in [-0.39, 0.29) is 29.2 Å². The van der Waals surface area contributed by atoms with Crippen LogP contribution in [0.5, 0.6) is 11.5 Å². The predicted molar refractivity (Wildman–Crippen MR) is 163 cm³/mol. The van der Waals surface area contributed by atoms with Crippen LogP contribution in [0.15, 0.2) is 48.7 Å². The number of fused-ring (bicyclic) bond motifs is 2. The average Bonchev–Trinajstić information content (AvgIpc) is 3.42. The zero-order valence-corrected chi connectivity index (χ0v) is 25.6. The molecule has 1 fully saturated rings. The molecule has 3 aromatic rings. The number of hydrogen-bond acceptors (Lipinski definition) is 7. The van der Waals surface area contributed by atoms with Gasteiger partial charge in [0.2, 0.25) is 11.8 Å². The molecule has 9 nitrogen and oxygen atoms in total. The third-order valence-electron chi connectivity index (χ3n) is 7.83. The van der Waals surface area contributed by atoms with Gasteiger partial charge in [-0.05, 0) is 41.7 Å². The highest BCUT2D eigenvalue weighted by atomic mass is 35.5. The van der Waals surface area contributed by atoms with E-state index < -0.39 is 41.0 Å². The summed E-state index contributed by atoms with van der Waals surface area (Å²) in [5.74, 6) is -1.95. The number of amides is 2. The number of aliphatic hydroxyl groups excluding tert-OH is 1. The Morgan fingerprint density at radius 2 is 1.98 bits per heavy atom. The van der Waals surface area contributed by atoms with Crippen LogP contribution in [0.4, 0.5) is 15.8 Å². The molecule has 1 saturated heterocycles. The molecule has 43 heavy (non-hydrogen) atoms. The van der Waals surface area contributed by atoms with Crippen molar-refractivity contribution < 1.29 is 28.6 Å². The molecule has 0 aliphatic carbocycles. The highest BCUT2D eigenvalue weighted by molar-refractivity contribution is 6.31. The van der Waals surface area contributed by atoms with Crippen LogP contribution in [0.1, 0.15) is 44.4 Å². The molecule has 5 rings (SSSR count). The minimum Gasteiger partial charge on any atom is -0.494 e. The first-order chi connectivity index (χ1) is 20.4. The second-order valence-corrected chi connectivity index (χ2v) is 12.7. The molecule has 0 bridgehead atoms. The maximum atomic E-state index is 15.9. The van der Waals surface area contributed by atoms with E-state index in [2.05, 4.69) is 20.9 Å². The summed E-state index contributed by atoms with van der Waals surface area (Å²) in [6.45, 7) is 6.01. The van der Waals surface area contributed by atoms with Crippen LogP contribution in [0.2, 0.25) is 10.0 Å². The standard InChI is InChI=1S/C31H33Cl2FN4O5/c1-30(2,3)14-23-31(27-21(37-29(31)41)12-16(32)15-35-27)24(18-6-5-7-19(33)25(18)34)26(38-23)28(40)36-20-9-8-17(43-11-10-39)13-22(20)42-4/h5-9,12-13,15,23-24,26,38-39H,10-11,14H2,1-4H3,(H,36,40)(H,37,41)/t23-,24-,26+,31+/m0/s1. The molecule has 2 aromatic carbocycles. The maximum absolute atomic E-state index is 15.9. The fraction of sp³-hybridized carbons (Fsp3) is 0.387. The van der Waals surface area contributed by atoms with E-state index in [1.807, 2.05) is 20.8 Å². The molecule has 2 aliphatic rings. The number of halogens is 3. The van der Waals surface area contributed by atoms with Gasteiger partial charge in [-0.3, -0.25) is 14.6 Å². The highest BCUT2D eigenvalue weighted by Crippen LogP contribution is 2.56. The van der Waals surface area contributed by atoms with Gasteiger partial charge in [0.1, 0.15) is 29.3 Å². The van der Waals surface area contributed by atoms with Crippen molar-refractivity contribution in [3.05, 3.63) is 75.8 Å². The number of ether oxygens (including phenoxy) is 2. The molecule has 1 aromatic heterocycles. The number of carbonyl (C=O) groups excluding carboxylic acids is 2. The molecule has 4 N–H and O–H groups in total. The van der Waals surface area contributed by atoms with Crippen molar-refractivity contribution in [1.82, 2.24) is 10.3 Å². The van der Waals surface area contributed by atoms with Crippen molar-refractivity contribution in [2.75, 3.05) is 31.0 Å². The van der Waals surface area contributed by atoms with Crippen LogP contribution in [0, 0.1) is 11.2 Å². The number of pyridine rings is 1. The lowest BCUT2D eigenvalue weighted by Gasteiger charge is -2.37. The molecular weight excluding hydrogens is 598 g/mol. The largest absolute Gasteiger partial charge is 0.494 e. The zero-order chi connectivity index (χ0) is 31.1. The maximum Gasteiger partial charge on any atom is 0.242 e. The van der Waals surface area contributed by atoms with Gasteiger partial charge in [0.05, 0.1) is 46.9 Å². The van der Waals surface area contributed by atoms with Crippen molar-refractivity contribution in [3.8, 4) is 11.5 Å². The summed E-state index contributed by atoms with van der Waals surface area (Å²) in [5, 5.41) is 18.5. The molecule has 2 amide bonds. The SMILES string of the molecule is COc1cc(OCCO)ccc1NC(=O)[C@@H]1N[C@@H](CC(C)(C)C)[C@@]2(C(=O)Nc3cc(Cl)cnc32)[C@H]1c1cccc(Cl)c1F. The van der Waals surface area contributed by atoms with E-state index >= 15 is 4.39 Å². The Morgan fingerprint density at radius 1 is 1.21 bits per heavy atom. The monoisotopic (exact) mass is 630 g/mol. The summed E-state index contributed by atoms with van der Waals surface area (Å²) in [4.78, 5) is 33.0. The Kier molecular flexibility index (Phi) is 8.59. The zero-order valence-electron chi connectivity index (χ0n) is 24.1. The molecule has 0 radical (unpaired) electrons. The van der Waals surface area contributed by atoms with E-state index in [4.69, 9.17) is 37.8 Å². The summed E-state index contributed by atoms with van der Waals surface area (Å²) in [6.07, 6.45) is 1.90. The van der Waals surface area contributed by atoms with Crippen LogP contribution < -0.4 is 25.4 Å². The lowest BCUT2D eigenvalue weighted by atomic mass is 9.64. The van der Waals surface area contributed by atoms with E-state index in [1.165, 1.54) is 19.4 Å². The van der Waals surface area contributed by atoms with Gasteiger partial charge in [0.15, 0.2) is 0 Å². The quantitative estimate of drug-likeness (QED) is 0.267. The smallest absolute Gasteiger partial charge is 0.242 e. The molecule has 0 unspecified atom stereocenters. The van der Waals surface area contributed by atoms with Gasteiger partial charge >= 0.3 is 0 Å². The van der Waals surface area contributed by atoms with Gasteiger partial charge in [-0.15, -0.1) is 0 Å². The topological polar surface area (TPSA) is 122 Å². The molecule has 1 spiro atoms. The van der Waals surface area contributed by atoms with E-state index in [0.29, 0.717) is 40.0 Å². The van der Waals surface area contributed by atoms with Crippen molar-refractivity contribution in [3.63, 3.8) is 0 Å². The number of nitrogens with one attached hydrogen (secondary N) is 3. The number of methoxy groups -OCH3 is 1. The van der Waals surface area contributed by atoms with Crippen molar-refractivity contribution in [2.45, 2.75) is 50.6 Å². The Balaban J connectivity index is 1.66. The number of nitrogens with zero attached hydrogens (tertiary/aromatic N) is 1. The molecule has 3 heterocycles. The van der Waals surface area contributed by atoms with E-state index in [9.17, 15) is 9.59 Å². The normalized spacial score (nSPS) is 22.8. The van der Waals surface area contributed by atoms with Gasteiger partial charge in [0, 0.05) is 24.2 Å². The third-order valence-corrected chi connectivity index (χ3v) is 8.33. The summed E-state index contributed by atoms with van der Waals surface area (Å²) >= 11 is 12.5. The number of rotatable bonds is 8. The minimum absolute atomic E-state index is 0.0910. The van der Waals surface area contributed by atoms with Crippen LogP contribution in [0.25, 0.3) is 0 Å². The fourth-order valence-corrected chi connectivity index (χ4v) is 6.56. The summed E-state index contributed by atoms with van der Waals surface area (Å²) in [7, 11) is 1.45. The third kappa shape index (κ3) is 5.64. The Hall–Kier alpha value is -3.44. The van der Waals surface area contributed by atoms with Crippen LogP contribution in [0.3, 0.4) is 0 Å². The molecule has 12 heteroatoms. The Morgan fingerprint density at radius 3 is 2.67 bits per heavy atom. The van der Waals surface area contributed by atoms with Gasteiger partial charge in [-0.1, -0.05) is 56.1 Å². The van der Waals surface area contributed by atoms with E-state index in [1.54, 1.807) is 36.4 Å². The second kappa shape index (κ2) is 11.9. The van der Waals surface area contributed by atoms with Gasteiger partial charge in [0.25, 0.3) is 0 Å². The molecular formula is C31H33Cl2FN4O5. The molecule has 0 saturated carbocycles. The lowest BCUT2D eigenvalue weighted by molar-refractivity contribution is -0.122. The molecule has 2 aliphatic heterocycles. The van der Waals surface area contributed by atoms with Crippen LogP contribution in [-0.4, -0.2) is 54.3 Å². The second-order valence-electron chi connectivity index (χ2n) is 11.9. The van der Waals surface area contributed by atoms with E-state index in [0.717, 1.165) is 0 Å².